The van der Waals surface area contributed by atoms with E-state index in [4.69, 9.17) is 4.74 Å². The summed E-state index contributed by atoms with van der Waals surface area (Å²) in [4.78, 5) is 32.7. The van der Waals surface area contributed by atoms with Gasteiger partial charge in [0.15, 0.2) is 5.82 Å². The molecule has 1 unspecified atom stereocenters. The van der Waals surface area contributed by atoms with Crippen LogP contribution in [0.5, 0.6) is 5.75 Å². The first-order valence-electron chi connectivity index (χ1n) is 8.48. The number of nitrogens with one attached hydrogen (secondary N) is 2. The Kier molecular flexibility index (Phi) is 5.66. The molecule has 7 heteroatoms. The van der Waals surface area contributed by atoms with Crippen molar-refractivity contribution in [3.05, 3.63) is 53.1 Å². The van der Waals surface area contributed by atoms with Gasteiger partial charge in [-0.25, -0.2) is 4.98 Å². The van der Waals surface area contributed by atoms with E-state index in [0.29, 0.717) is 25.4 Å². The number of hydrogen-bond donors (Lipinski definition) is 2. The highest BCUT2D eigenvalue weighted by Gasteiger charge is 2.23. The molecule has 1 aliphatic rings. The Labute approximate surface area is 146 Å². The average molecular weight is 342 g/mol. The summed E-state index contributed by atoms with van der Waals surface area (Å²) in [7, 11) is 0. The average Bonchev–Trinajstić information content (AvgIpc) is 2.63. The minimum absolute atomic E-state index is 0.0133. The minimum Gasteiger partial charge on any atom is -0.493 e. The first-order valence-corrected chi connectivity index (χ1v) is 8.48. The predicted molar refractivity (Wildman–Crippen MR) is 94.8 cm³/mol. The fraction of sp³-hybridized carbons (Fsp3) is 0.389. The molecule has 132 valence electrons. The number of rotatable bonds is 6. The van der Waals surface area contributed by atoms with Crippen molar-refractivity contribution in [2.45, 2.75) is 25.3 Å². The highest BCUT2D eigenvalue weighted by molar-refractivity contribution is 5.76. The number of aromatic amines is 1. The molecule has 1 saturated heterocycles. The fourth-order valence-electron chi connectivity index (χ4n) is 2.93. The maximum atomic E-state index is 12.1. The summed E-state index contributed by atoms with van der Waals surface area (Å²) in [5, 5.41) is 3.02. The van der Waals surface area contributed by atoms with Crippen LogP contribution in [0.4, 0.5) is 5.82 Å². The lowest BCUT2D eigenvalue weighted by Crippen LogP contribution is -2.49. The normalized spacial score (nSPS) is 17.1. The van der Waals surface area contributed by atoms with E-state index in [1.165, 1.54) is 6.20 Å². The summed E-state index contributed by atoms with van der Waals surface area (Å²) in [6, 6.07) is 9.44. The maximum Gasteiger partial charge on any atom is 0.290 e. The molecule has 7 nitrogen and oxygen atoms in total. The number of piperidine rings is 1. The van der Waals surface area contributed by atoms with E-state index in [-0.39, 0.29) is 17.5 Å². The number of benzene rings is 1. The lowest BCUT2D eigenvalue weighted by atomic mass is 10.1. The number of para-hydroxylation sites is 1. The van der Waals surface area contributed by atoms with Crippen molar-refractivity contribution in [1.82, 2.24) is 15.3 Å². The largest absolute Gasteiger partial charge is 0.493 e. The van der Waals surface area contributed by atoms with Crippen LogP contribution in [0, 0.1) is 0 Å². The summed E-state index contributed by atoms with van der Waals surface area (Å²) in [5.41, 5.74) is -0.203. The Balaban J connectivity index is 1.46. The number of ether oxygens (including phenoxy) is 1. The van der Waals surface area contributed by atoms with Crippen molar-refractivity contribution >= 4 is 11.7 Å². The van der Waals surface area contributed by atoms with Crippen LogP contribution in [0.25, 0.3) is 0 Å². The van der Waals surface area contributed by atoms with Gasteiger partial charge in [0.05, 0.1) is 13.0 Å². The van der Waals surface area contributed by atoms with E-state index in [1.807, 2.05) is 35.2 Å². The molecule has 25 heavy (non-hydrogen) atoms. The van der Waals surface area contributed by atoms with Crippen LogP contribution in [0.3, 0.4) is 0 Å². The Morgan fingerprint density at radius 2 is 2.20 bits per heavy atom. The van der Waals surface area contributed by atoms with Gasteiger partial charge in [-0.2, -0.15) is 0 Å². The van der Waals surface area contributed by atoms with Crippen molar-refractivity contribution in [2.75, 3.05) is 24.6 Å². The Morgan fingerprint density at radius 3 is 3.00 bits per heavy atom. The summed E-state index contributed by atoms with van der Waals surface area (Å²) in [6.07, 6.45) is 5.19. The zero-order chi connectivity index (χ0) is 17.5. The molecule has 2 N–H and O–H groups in total. The van der Waals surface area contributed by atoms with E-state index in [1.54, 1.807) is 6.20 Å². The number of nitrogens with zero attached hydrogens (tertiary/aromatic N) is 2. The van der Waals surface area contributed by atoms with Gasteiger partial charge < -0.3 is 19.9 Å². The van der Waals surface area contributed by atoms with Gasteiger partial charge in [0.25, 0.3) is 5.56 Å². The van der Waals surface area contributed by atoms with Gasteiger partial charge in [-0.05, 0) is 25.0 Å². The topological polar surface area (TPSA) is 87.3 Å². The number of H-pyrrole nitrogens is 1. The van der Waals surface area contributed by atoms with Crippen LogP contribution in [0.15, 0.2) is 47.5 Å². The molecule has 3 rings (SSSR count). The van der Waals surface area contributed by atoms with E-state index in [2.05, 4.69) is 15.3 Å². The molecular weight excluding hydrogens is 320 g/mol. The number of carbonyl (C=O) groups excluding carboxylic acids is 1. The van der Waals surface area contributed by atoms with Crippen LogP contribution >= 0.6 is 0 Å². The van der Waals surface area contributed by atoms with Gasteiger partial charge >= 0.3 is 0 Å². The molecule has 1 fully saturated rings. The number of amides is 1. The van der Waals surface area contributed by atoms with Gasteiger partial charge in [-0.1, -0.05) is 18.2 Å². The van der Waals surface area contributed by atoms with Crippen LogP contribution < -0.4 is 20.5 Å². The molecule has 1 amide bonds. The maximum absolute atomic E-state index is 12.1. The van der Waals surface area contributed by atoms with Gasteiger partial charge in [-0.15, -0.1) is 0 Å². The highest BCUT2D eigenvalue weighted by Crippen LogP contribution is 2.14. The molecule has 1 aromatic heterocycles. The van der Waals surface area contributed by atoms with Gasteiger partial charge in [0.1, 0.15) is 5.75 Å². The first kappa shape index (κ1) is 17.0. The van der Waals surface area contributed by atoms with Gasteiger partial charge in [0, 0.05) is 31.5 Å². The molecule has 0 spiro atoms. The van der Waals surface area contributed by atoms with Crippen LogP contribution in [-0.2, 0) is 4.79 Å². The Hall–Kier alpha value is -2.83. The third kappa shape index (κ3) is 4.82. The van der Waals surface area contributed by atoms with Gasteiger partial charge in [-0.3, -0.25) is 9.59 Å². The van der Waals surface area contributed by atoms with Crippen LogP contribution in [-0.4, -0.2) is 41.6 Å². The van der Waals surface area contributed by atoms with E-state index in [9.17, 15) is 9.59 Å². The van der Waals surface area contributed by atoms with Gasteiger partial charge in [0.2, 0.25) is 5.91 Å². The van der Waals surface area contributed by atoms with Crippen molar-refractivity contribution < 1.29 is 9.53 Å². The molecule has 1 aliphatic heterocycles. The first-order chi connectivity index (χ1) is 12.2. The van der Waals surface area contributed by atoms with Crippen molar-refractivity contribution in [2.24, 2.45) is 0 Å². The van der Waals surface area contributed by atoms with Crippen molar-refractivity contribution in [3.8, 4) is 5.75 Å². The van der Waals surface area contributed by atoms with Crippen molar-refractivity contribution in [1.29, 1.82) is 0 Å². The fourth-order valence-corrected chi connectivity index (χ4v) is 2.93. The second-order valence-corrected chi connectivity index (χ2v) is 6.01. The Morgan fingerprint density at radius 1 is 1.36 bits per heavy atom. The number of aromatic nitrogens is 2. The van der Waals surface area contributed by atoms with E-state index in [0.717, 1.165) is 25.1 Å². The molecule has 0 aliphatic carbocycles. The second-order valence-electron chi connectivity index (χ2n) is 6.01. The summed E-state index contributed by atoms with van der Waals surface area (Å²) < 4.78 is 5.55. The third-order valence-corrected chi connectivity index (χ3v) is 4.12. The molecule has 2 heterocycles. The van der Waals surface area contributed by atoms with Crippen LogP contribution in [0.1, 0.15) is 19.3 Å². The van der Waals surface area contributed by atoms with Crippen molar-refractivity contribution in [3.63, 3.8) is 0 Å². The molecule has 1 aromatic carbocycles. The zero-order valence-electron chi connectivity index (χ0n) is 14.0. The lowest BCUT2D eigenvalue weighted by Gasteiger charge is -2.33. The monoisotopic (exact) mass is 342 g/mol. The summed E-state index contributed by atoms with van der Waals surface area (Å²) in [6.45, 7) is 1.70. The quantitative estimate of drug-likeness (QED) is 0.827. The standard InChI is InChI=1S/C18H22N4O3/c23-16(8-12-25-15-6-2-1-3-7-15)21-14-5-4-11-22(13-14)17-18(24)20-10-9-19-17/h1-3,6-7,9-10,14H,4-5,8,11-13H2,(H,20,24)(H,21,23). The Bertz CT molecular complexity index is 747. The van der Waals surface area contributed by atoms with E-state index >= 15 is 0 Å². The number of carbonyl (C=O) groups is 1. The molecular formula is C18H22N4O3. The second kappa shape index (κ2) is 8.32. The van der Waals surface area contributed by atoms with E-state index < -0.39 is 0 Å². The third-order valence-electron chi connectivity index (χ3n) is 4.12. The van der Waals surface area contributed by atoms with Crippen LogP contribution in [0.2, 0.25) is 0 Å². The molecule has 0 radical (unpaired) electrons. The zero-order valence-corrected chi connectivity index (χ0v) is 14.0. The molecule has 2 aromatic rings. The molecule has 0 saturated carbocycles. The SMILES string of the molecule is O=C(CCOc1ccccc1)NC1CCCN(c2ncc[nH]c2=O)C1. The highest BCUT2D eigenvalue weighted by atomic mass is 16.5. The summed E-state index contributed by atoms with van der Waals surface area (Å²) in [5.74, 6) is 1.13. The minimum atomic E-state index is -0.203. The number of anilines is 1. The number of hydrogen-bond acceptors (Lipinski definition) is 5. The molecule has 1 atom stereocenters. The smallest absolute Gasteiger partial charge is 0.290 e. The lowest BCUT2D eigenvalue weighted by molar-refractivity contribution is -0.122. The predicted octanol–water partition coefficient (Wildman–Crippen LogP) is 1.32. The summed E-state index contributed by atoms with van der Waals surface area (Å²) >= 11 is 0. The molecule has 0 bridgehead atoms.